The van der Waals surface area contributed by atoms with Crippen LogP contribution in [0, 0.1) is 0 Å². The molecule has 2 heterocycles. The molecule has 84 valence electrons. The maximum Gasteiger partial charge on any atom is 0.329 e. The number of aromatic nitrogens is 4. The minimum Gasteiger partial charge on any atom is -0.480 e. The summed E-state index contributed by atoms with van der Waals surface area (Å²) < 4.78 is 2.04. The largest absolute Gasteiger partial charge is 0.480 e. The van der Waals surface area contributed by atoms with Gasteiger partial charge >= 0.3 is 11.7 Å². The lowest BCUT2D eigenvalue weighted by atomic mass is 10.5. The zero-order valence-electron chi connectivity index (χ0n) is 8.30. The summed E-state index contributed by atoms with van der Waals surface area (Å²) in [5.41, 5.74) is -0.991. The summed E-state index contributed by atoms with van der Waals surface area (Å²) in [5, 5.41) is 8.63. The predicted octanol–water partition coefficient (Wildman–Crippen LogP) is -1.49. The molecule has 2 N–H and O–H groups in total. The summed E-state index contributed by atoms with van der Waals surface area (Å²) in [6.07, 6.45) is 1.20. The first-order valence-corrected chi connectivity index (χ1v) is 4.36. The summed E-state index contributed by atoms with van der Waals surface area (Å²) in [6.45, 7) is -0.377. The van der Waals surface area contributed by atoms with Crippen LogP contribution >= 0.6 is 0 Å². The summed E-state index contributed by atoms with van der Waals surface area (Å²) in [4.78, 5) is 39.6. The van der Waals surface area contributed by atoms with Gasteiger partial charge in [-0.3, -0.25) is 19.1 Å². The van der Waals surface area contributed by atoms with E-state index >= 15 is 0 Å². The normalized spacial score (nSPS) is 10.8. The van der Waals surface area contributed by atoms with Crippen molar-refractivity contribution in [3.05, 3.63) is 27.2 Å². The monoisotopic (exact) mass is 224 g/mol. The predicted molar refractivity (Wildman–Crippen MR) is 53.2 cm³/mol. The lowest BCUT2D eigenvalue weighted by Gasteiger charge is -2.00. The van der Waals surface area contributed by atoms with Crippen LogP contribution in [-0.4, -0.2) is 30.2 Å². The Labute approximate surface area is 87.8 Å². The van der Waals surface area contributed by atoms with Crippen LogP contribution in [-0.2, 0) is 18.4 Å². The number of H-pyrrole nitrogens is 1. The zero-order valence-corrected chi connectivity index (χ0v) is 8.30. The highest BCUT2D eigenvalue weighted by Gasteiger charge is 2.12. The van der Waals surface area contributed by atoms with Crippen molar-refractivity contribution in [1.82, 2.24) is 19.1 Å². The van der Waals surface area contributed by atoms with E-state index in [0.29, 0.717) is 0 Å². The second-order valence-electron chi connectivity index (χ2n) is 3.26. The third kappa shape index (κ3) is 1.40. The van der Waals surface area contributed by atoms with Crippen molar-refractivity contribution in [3.63, 3.8) is 0 Å². The van der Waals surface area contributed by atoms with Crippen molar-refractivity contribution < 1.29 is 9.90 Å². The third-order valence-corrected chi connectivity index (χ3v) is 2.18. The van der Waals surface area contributed by atoms with Crippen LogP contribution in [0.4, 0.5) is 0 Å². The molecular formula is C8H8N4O4. The molecule has 0 fully saturated rings. The number of fused-ring (bicyclic) bond motifs is 1. The van der Waals surface area contributed by atoms with E-state index in [0.717, 1.165) is 4.57 Å². The average Bonchev–Trinajstić information content (AvgIpc) is 2.57. The first-order chi connectivity index (χ1) is 7.50. The summed E-state index contributed by atoms with van der Waals surface area (Å²) in [6, 6.07) is 0. The fraction of sp³-hybridized carbons (Fsp3) is 0.250. The highest BCUT2D eigenvalue weighted by atomic mass is 16.4. The van der Waals surface area contributed by atoms with Gasteiger partial charge in [-0.15, -0.1) is 0 Å². The number of carbonyl (C=O) groups is 1. The Balaban J connectivity index is 2.81. The molecular weight excluding hydrogens is 216 g/mol. The Morgan fingerprint density at radius 3 is 2.88 bits per heavy atom. The number of aliphatic carboxylic acids is 1. The molecule has 2 aromatic rings. The Morgan fingerprint density at radius 2 is 2.25 bits per heavy atom. The van der Waals surface area contributed by atoms with Crippen molar-refractivity contribution in [2.24, 2.45) is 7.05 Å². The average molecular weight is 224 g/mol. The molecule has 8 nitrogen and oxygen atoms in total. The van der Waals surface area contributed by atoms with E-state index in [1.807, 2.05) is 0 Å². The van der Waals surface area contributed by atoms with Crippen molar-refractivity contribution in [1.29, 1.82) is 0 Å². The van der Waals surface area contributed by atoms with Gasteiger partial charge in [-0.2, -0.15) is 0 Å². The van der Waals surface area contributed by atoms with Crippen molar-refractivity contribution >= 4 is 17.1 Å². The lowest BCUT2D eigenvalue weighted by molar-refractivity contribution is -0.137. The molecule has 2 rings (SSSR count). The number of nitrogens with one attached hydrogen (secondary N) is 1. The standard InChI is InChI=1S/C8H8N4O4/c1-11-7(15)5-6(10-8(11)16)9-3-12(5)2-4(13)14/h3H,2H2,1H3,(H,10,16)(H,13,14). The highest BCUT2D eigenvalue weighted by Crippen LogP contribution is 2.02. The molecule has 0 saturated heterocycles. The van der Waals surface area contributed by atoms with Gasteiger partial charge in [0.25, 0.3) is 5.56 Å². The topological polar surface area (TPSA) is 110 Å². The van der Waals surface area contributed by atoms with Gasteiger partial charge in [0, 0.05) is 7.05 Å². The van der Waals surface area contributed by atoms with Gasteiger partial charge in [-0.25, -0.2) is 9.78 Å². The van der Waals surface area contributed by atoms with Gasteiger partial charge in [-0.05, 0) is 0 Å². The van der Waals surface area contributed by atoms with Crippen LogP contribution in [0.3, 0.4) is 0 Å². The van der Waals surface area contributed by atoms with Crippen molar-refractivity contribution in [2.45, 2.75) is 6.54 Å². The Kier molecular flexibility index (Phi) is 2.11. The molecule has 0 unspecified atom stereocenters. The van der Waals surface area contributed by atoms with Crippen LogP contribution in [0.25, 0.3) is 11.2 Å². The second-order valence-corrected chi connectivity index (χ2v) is 3.26. The van der Waals surface area contributed by atoms with Crippen LogP contribution in [0.15, 0.2) is 15.9 Å². The number of hydrogen-bond acceptors (Lipinski definition) is 4. The summed E-state index contributed by atoms with van der Waals surface area (Å²) >= 11 is 0. The fourth-order valence-corrected chi connectivity index (χ4v) is 1.40. The molecule has 0 radical (unpaired) electrons. The smallest absolute Gasteiger partial charge is 0.329 e. The summed E-state index contributed by atoms with van der Waals surface area (Å²) in [5.74, 6) is -1.09. The van der Waals surface area contributed by atoms with Crippen molar-refractivity contribution in [3.8, 4) is 0 Å². The first kappa shape index (κ1) is 10.1. The number of hydrogen-bond donors (Lipinski definition) is 2. The van der Waals surface area contributed by atoms with E-state index in [4.69, 9.17) is 5.11 Å². The molecule has 0 aromatic carbocycles. The molecule has 0 atom stereocenters. The number of aromatic amines is 1. The number of rotatable bonds is 2. The van der Waals surface area contributed by atoms with Crippen LogP contribution < -0.4 is 11.2 Å². The van der Waals surface area contributed by atoms with E-state index in [1.165, 1.54) is 17.9 Å². The molecule has 8 heteroatoms. The molecule has 0 amide bonds. The number of carboxylic acids is 1. The van der Waals surface area contributed by atoms with Crippen LogP contribution in [0.1, 0.15) is 0 Å². The molecule has 0 bridgehead atoms. The van der Waals surface area contributed by atoms with E-state index in [9.17, 15) is 14.4 Å². The first-order valence-electron chi connectivity index (χ1n) is 4.36. The molecule has 0 spiro atoms. The Morgan fingerprint density at radius 1 is 1.56 bits per heavy atom. The van der Waals surface area contributed by atoms with E-state index in [1.54, 1.807) is 0 Å². The second kappa shape index (κ2) is 3.33. The minimum absolute atomic E-state index is 0.0736. The van der Waals surface area contributed by atoms with Gasteiger partial charge < -0.3 is 9.67 Å². The van der Waals surface area contributed by atoms with Crippen LogP contribution in [0.2, 0.25) is 0 Å². The van der Waals surface area contributed by atoms with Gasteiger partial charge in [0.2, 0.25) is 0 Å². The molecule has 0 aliphatic heterocycles. The highest BCUT2D eigenvalue weighted by molar-refractivity contribution is 5.73. The summed E-state index contributed by atoms with van der Waals surface area (Å²) in [7, 11) is 1.30. The molecule has 0 aliphatic carbocycles. The molecule has 2 aromatic heterocycles. The van der Waals surface area contributed by atoms with E-state index < -0.39 is 17.2 Å². The Bertz CT molecular complexity index is 677. The lowest BCUT2D eigenvalue weighted by Crippen LogP contribution is -2.33. The maximum atomic E-state index is 11.7. The molecule has 16 heavy (non-hydrogen) atoms. The SMILES string of the molecule is Cn1c(=O)[nH]c2ncn(CC(=O)O)c2c1=O. The van der Waals surface area contributed by atoms with E-state index in [2.05, 4.69) is 9.97 Å². The molecule has 0 aliphatic rings. The third-order valence-electron chi connectivity index (χ3n) is 2.18. The van der Waals surface area contributed by atoms with Crippen molar-refractivity contribution in [2.75, 3.05) is 0 Å². The zero-order chi connectivity index (χ0) is 11.9. The van der Waals surface area contributed by atoms with Gasteiger partial charge in [0.05, 0.1) is 6.33 Å². The number of carboxylic acid groups (broad SMARTS) is 1. The van der Waals surface area contributed by atoms with Crippen LogP contribution in [0.5, 0.6) is 0 Å². The molecule has 0 saturated carbocycles. The van der Waals surface area contributed by atoms with Gasteiger partial charge in [-0.1, -0.05) is 0 Å². The quantitative estimate of drug-likeness (QED) is 0.645. The maximum absolute atomic E-state index is 11.7. The fourth-order valence-electron chi connectivity index (χ4n) is 1.40. The number of imidazole rings is 1. The van der Waals surface area contributed by atoms with Gasteiger partial charge in [0.1, 0.15) is 6.54 Å². The number of nitrogens with zero attached hydrogens (tertiary/aromatic N) is 3. The van der Waals surface area contributed by atoms with E-state index in [-0.39, 0.29) is 17.7 Å². The minimum atomic E-state index is -1.09. The van der Waals surface area contributed by atoms with Gasteiger partial charge in [0.15, 0.2) is 11.2 Å². The Hall–Kier alpha value is -2.38.